The SMILES string of the molecule is O=C(N/N=C/c1ccccc1F)c1ccc(C(=O)N/N=C/c2ccccc2F)cc1. The fourth-order valence-corrected chi connectivity index (χ4v) is 2.38. The fourth-order valence-electron chi connectivity index (χ4n) is 2.38. The Kier molecular flexibility index (Phi) is 6.73. The van der Waals surface area contributed by atoms with Gasteiger partial charge in [-0.1, -0.05) is 36.4 Å². The Morgan fingerprint density at radius 3 is 1.37 bits per heavy atom. The van der Waals surface area contributed by atoms with Gasteiger partial charge in [-0.3, -0.25) is 9.59 Å². The molecular formula is C22H16F2N4O2. The quantitative estimate of drug-likeness (QED) is 0.485. The van der Waals surface area contributed by atoms with Gasteiger partial charge in [0.05, 0.1) is 12.4 Å². The summed E-state index contributed by atoms with van der Waals surface area (Å²) in [7, 11) is 0. The van der Waals surface area contributed by atoms with Crippen LogP contribution in [0.4, 0.5) is 8.78 Å². The molecule has 0 aliphatic carbocycles. The van der Waals surface area contributed by atoms with Gasteiger partial charge in [0.25, 0.3) is 11.8 Å². The van der Waals surface area contributed by atoms with E-state index in [0.717, 1.165) is 0 Å². The average molecular weight is 406 g/mol. The van der Waals surface area contributed by atoms with Gasteiger partial charge in [-0.15, -0.1) is 0 Å². The third kappa shape index (κ3) is 5.41. The van der Waals surface area contributed by atoms with Gasteiger partial charge < -0.3 is 0 Å². The Balaban J connectivity index is 1.56. The van der Waals surface area contributed by atoms with Crippen molar-refractivity contribution in [2.45, 2.75) is 0 Å². The van der Waals surface area contributed by atoms with Gasteiger partial charge >= 0.3 is 0 Å². The predicted molar refractivity (Wildman–Crippen MR) is 109 cm³/mol. The molecule has 8 heteroatoms. The van der Waals surface area contributed by atoms with E-state index in [1.54, 1.807) is 24.3 Å². The Labute approximate surface area is 170 Å². The maximum atomic E-state index is 13.5. The largest absolute Gasteiger partial charge is 0.271 e. The molecule has 6 nitrogen and oxygen atoms in total. The minimum absolute atomic E-state index is 0.237. The van der Waals surface area contributed by atoms with Crippen LogP contribution in [0.15, 0.2) is 83.0 Å². The molecule has 30 heavy (non-hydrogen) atoms. The summed E-state index contributed by atoms with van der Waals surface area (Å²) in [5, 5.41) is 7.44. The smallest absolute Gasteiger partial charge is 0.267 e. The van der Waals surface area contributed by atoms with Crippen molar-refractivity contribution in [1.29, 1.82) is 0 Å². The molecule has 2 N–H and O–H groups in total. The van der Waals surface area contributed by atoms with Crippen molar-refractivity contribution in [1.82, 2.24) is 10.9 Å². The Morgan fingerprint density at radius 2 is 1.00 bits per heavy atom. The molecule has 0 aliphatic heterocycles. The van der Waals surface area contributed by atoms with Gasteiger partial charge in [-0.2, -0.15) is 10.2 Å². The van der Waals surface area contributed by atoms with Crippen LogP contribution in [0, 0.1) is 11.6 Å². The van der Waals surface area contributed by atoms with E-state index in [4.69, 9.17) is 0 Å². The van der Waals surface area contributed by atoms with Crippen molar-refractivity contribution < 1.29 is 18.4 Å². The average Bonchev–Trinajstić information content (AvgIpc) is 2.76. The van der Waals surface area contributed by atoms with E-state index in [2.05, 4.69) is 21.1 Å². The summed E-state index contributed by atoms with van der Waals surface area (Å²) in [6.07, 6.45) is 2.39. The molecule has 0 atom stereocenters. The molecule has 0 heterocycles. The summed E-state index contributed by atoms with van der Waals surface area (Å²) >= 11 is 0. The standard InChI is InChI=1S/C22H16F2N4O2/c23-19-7-3-1-5-17(19)13-25-27-21(29)15-9-11-16(12-10-15)22(30)28-26-14-18-6-2-4-8-20(18)24/h1-14H,(H,27,29)(H,28,30)/b25-13+,26-14+. The monoisotopic (exact) mass is 406 g/mol. The molecule has 0 aromatic heterocycles. The first-order chi connectivity index (χ1) is 14.5. The summed E-state index contributed by atoms with van der Waals surface area (Å²) in [6, 6.07) is 17.7. The topological polar surface area (TPSA) is 82.9 Å². The van der Waals surface area contributed by atoms with E-state index >= 15 is 0 Å². The summed E-state index contributed by atoms with van der Waals surface area (Å²) in [5.74, 6) is -1.95. The zero-order valence-electron chi connectivity index (χ0n) is 15.5. The summed E-state index contributed by atoms with van der Waals surface area (Å²) < 4.78 is 27.0. The van der Waals surface area contributed by atoms with Crippen molar-refractivity contribution in [2.24, 2.45) is 10.2 Å². The summed E-state index contributed by atoms with van der Waals surface area (Å²) in [5.41, 5.74) is 5.56. The van der Waals surface area contributed by atoms with Crippen LogP contribution in [0.1, 0.15) is 31.8 Å². The second-order valence-electron chi connectivity index (χ2n) is 6.02. The Morgan fingerprint density at radius 1 is 0.633 bits per heavy atom. The minimum atomic E-state index is -0.521. The molecule has 150 valence electrons. The van der Waals surface area contributed by atoms with E-state index in [1.807, 2.05) is 0 Å². The lowest BCUT2D eigenvalue weighted by Gasteiger charge is -2.03. The zero-order chi connectivity index (χ0) is 21.3. The molecular weight excluding hydrogens is 390 g/mol. The second-order valence-corrected chi connectivity index (χ2v) is 6.02. The first-order valence-electron chi connectivity index (χ1n) is 8.80. The third-order valence-corrected chi connectivity index (χ3v) is 3.96. The maximum absolute atomic E-state index is 13.5. The van der Waals surface area contributed by atoms with Crippen LogP contribution in [0.5, 0.6) is 0 Å². The van der Waals surface area contributed by atoms with Gasteiger partial charge in [0.2, 0.25) is 0 Å². The van der Waals surface area contributed by atoms with Gasteiger partial charge in [-0.25, -0.2) is 19.6 Å². The molecule has 2 amide bonds. The van der Waals surface area contributed by atoms with E-state index < -0.39 is 23.4 Å². The molecule has 3 aromatic carbocycles. The van der Waals surface area contributed by atoms with Crippen molar-refractivity contribution in [2.75, 3.05) is 0 Å². The lowest BCUT2D eigenvalue weighted by atomic mass is 10.1. The summed E-state index contributed by atoms with van der Waals surface area (Å²) in [6.45, 7) is 0. The van der Waals surface area contributed by atoms with E-state index in [9.17, 15) is 18.4 Å². The van der Waals surface area contributed by atoms with Crippen LogP contribution in [0.3, 0.4) is 0 Å². The zero-order valence-corrected chi connectivity index (χ0v) is 15.5. The number of rotatable bonds is 6. The number of carbonyl (C=O) groups is 2. The highest BCUT2D eigenvalue weighted by atomic mass is 19.1. The lowest BCUT2D eigenvalue weighted by molar-refractivity contribution is 0.0943. The van der Waals surface area contributed by atoms with Crippen LogP contribution in [0.2, 0.25) is 0 Å². The highest BCUT2D eigenvalue weighted by molar-refractivity contribution is 5.98. The van der Waals surface area contributed by atoms with Crippen LogP contribution < -0.4 is 10.9 Å². The van der Waals surface area contributed by atoms with Crippen LogP contribution in [0.25, 0.3) is 0 Å². The van der Waals surface area contributed by atoms with E-state index in [1.165, 1.54) is 61.0 Å². The number of halogens is 2. The minimum Gasteiger partial charge on any atom is -0.267 e. The number of amides is 2. The number of carbonyl (C=O) groups excluding carboxylic acids is 2. The number of benzene rings is 3. The highest BCUT2D eigenvalue weighted by Crippen LogP contribution is 2.06. The number of hydrogen-bond donors (Lipinski definition) is 2. The molecule has 3 rings (SSSR count). The Bertz CT molecular complexity index is 1020. The normalized spacial score (nSPS) is 11.0. The van der Waals surface area contributed by atoms with Gasteiger partial charge in [0.1, 0.15) is 11.6 Å². The molecule has 0 bridgehead atoms. The van der Waals surface area contributed by atoms with Crippen molar-refractivity contribution in [3.05, 3.63) is 107 Å². The molecule has 0 spiro atoms. The third-order valence-electron chi connectivity index (χ3n) is 3.96. The Hall–Kier alpha value is -4.20. The fraction of sp³-hybridized carbons (Fsp3) is 0. The lowest BCUT2D eigenvalue weighted by Crippen LogP contribution is -2.19. The molecule has 0 radical (unpaired) electrons. The van der Waals surface area contributed by atoms with Crippen molar-refractivity contribution in [3.8, 4) is 0 Å². The van der Waals surface area contributed by atoms with Crippen LogP contribution in [-0.2, 0) is 0 Å². The van der Waals surface area contributed by atoms with Crippen LogP contribution in [-0.4, -0.2) is 24.2 Å². The number of hydrogen-bond acceptors (Lipinski definition) is 4. The first kappa shape index (κ1) is 20.5. The van der Waals surface area contributed by atoms with Gasteiger partial charge in [0.15, 0.2) is 0 Å². The van der Waals surface area contributed by atoms with Gasteiger partial charge in [-0.05, 0) is 36.4 Å². The van der Waals surface area contributed by atoms with E-state index in [-0.39, 0.29) is 22.3 Å². The van der Waals surface area contributed by atoms with Gasteiger partial charge in [0, 0.05) is 22.3 Å². The number of nitrogens with zero attached hydrogens (tertiary/aromatic N) is 2. The molecule has 0 saturated carbocycles. The molecule has 3 aromatic rings. The second kappa shape index (κ2) is 9.83. The van der Waals surface area contributed by atoms with Crippen molar-refractivity contribution in [3.63, 3.8) is 0 Å². The van der Waals surface area contributed by atoms with E-state index in [0.29, 0.717) is 0 Å². The first-order valence-corrected chi connectivity index (χ1v) is 8.80. The molecule has 0 fully saturated rings. The number of nitrogens with one attached hydrogen (secondary N) is 2. The highest BCUT2D eigenvalue weighted by Gasteiger charge is 2.08. The van der Waals surface area contributed by atoms with Crippen molar-refractivity contribution >= 4 is 24.2 Å². The molecule has 0 saturated heterocycles. The predicted octanol–water partition coefficient (Wildman–Crippen LogP) is 3.49. The molecule has 0 aliphatic rings. The van der Waals surface area contributed by atoms with Crippen LogP contribution >= 0.6 is 0 Å². The molecule has 0 unspecified atom stereocenters. The number of hydrazone groups is 2. The maximum Gasteiger partial charge on any atom is 0.271 e. The summed E-state index contributed by atoms with van der Waals surface area (Å²) in [4.78, 5) is 24.2.